The van der Waals surface area contributed by atoms with Gasteiger partial charge in [-0.2, -0.15) is 0 Å². The van der Waals surface area contributed by atoms with Crippen LogP contribution in [0.1, 0.15) is 17.3 Å². The molecule has 1 aromatic rings. The van der Waals surface area contributed by atoms with Crippen molar-refractivity contribution in [1.82, 2.24) is 10.3 Å². The van der Waals surface area contributed by atoms with Gasteiger partial charge in [-0.25, -0.2) is 10.8 Å². The summed E-state index contributed by atoms with van der Waals surface area (Å²) in [6, 6.07) is 2.73. The molecule has 0 saturated carbocycles. The molecule has 0 radical (unpaired) electrons. The van der Waals surface area contributed by atoms with E-state index in [1.165, 1.54) is 12.1 Å². The third-order valence-corrected chi connectivity index (χ3v) is 3.23. The second kappa shape index (κ2) is 6.67. The van der Waals surface area contributed by atoms with Crippen molar-refractivity contribution in [3.8, 4) is 0 Å². The number of carbonyl (C=O) groups is 1. The molecule has 0 aliphatic heterocycles. The van der Waals surface area contributed by atoms with Crippen LogP contribution in [0.2, 0.25) is 5.15 Å². The average Bonchev–Trinajstić information content (AvgIpc) is 2.26. The predicted octanol–water partition coefficient (Wildman–Crippen LogP) is 0.517. The smallest absolute Gasteiger partial charge is 0.251 e. The highest BCUT2D eigenvalue weighted by Gasteiger charge is 2.12. The lowest BCUT2D eigenvalue weighted by Crippen LogP contribution is -2.36. The maximum Gasteiger partial charge on any atom is 0.251 e. The lowest BCUT2D eigenvalue weighted by molar-refractivity contribution is 0.0943. The van der Waals surface area contributed by atoms with Gasteiger partial charge in [-0.05, 0) is 19.1 Å². The molecule has 2 unspecified atom stereocenters. The number of pyridine rings is 1. The van der Waals surface area contributed by atoms with E-state index >= 15 is 0 Å². The summed E-state index contributed by atoms with van der Waals surface area (Å²) >= 11 is 5.76. The van der Waals surface area contributed by atoms with Gasteiger partial charge in [0.1, 0.15) is 11.0 Å². The predicted molar refractivity (Wildman–Crippen MR) is 72.9 cm³/mol. The maximum absolute atomic E-state index is 11.9. The van der Waals surface area contributed by atoms with Gasteiger partial charge in [-0.15, -0.1) is 0 Å². The van der Waals surface area contributed by atoms with Crippen LogP contribution in [0.3, 0.4) is 0 Å². The summed E-state index contributed by atoms with van der Waals surface area (Å²) in [6.45, 7) is 1.78. The van der Waals surface area contributed by atoms with Crippen LogP contribution in [0.5, 0.6) is 0 Å². The molecule has 0 fully saturated rings. The number of rotatable bonds is 5. The average molecular weight is 291 g/mol. The molecule has 6 nitrogen and oxygen atoms in total. The van der Waals surface area contributed by atoms with Gasteiger partial charge in [0, 0.05) is 34.4 Å². The Bertz CT molecular complexity index is 469. The topological polar surface area (TPSA) is 97.1 Å². The first-order valence-electron chi connectivity index (χ1n) is 5.17. The summed E-state index contributed by atoms with van der Waals surface area (Å²) < 4.78 is 11.0. The summed E-state index contributed by atoms with van der Waals surface area (Å²) in [7, 11) is -0.964. The van der Waals surface area contributed by atoms with Crippen LogP contribution in [0, 0.1) is 0 Å². The van der Waals surface area contributed by atoms with Crippen LogP contribution >= 0.6 is 11.6 Å². The molecule has 100 valence electrons. The lowest BCUT2D eigenvalue weighted by atomic mass is 10.2. The molecular weight excluding hydrogens is 276 g/mol. The third-order valence-electron chi connectivity index (χ3n) is 2.07. The summed E-state index contributed by atoms with van der Waals surface area (Å²) in [5.74, 6) is 5.60. The van der Waals surface area contributed by atoms with E-state index in [4.69, 9.17) is 17.4 Å². The van der Waals surface area contributed by atoms with Crippen LogP contribution in [-0.4, -0.2) is 33.2 Å². The fourth-order valence-electron chi connectivity index (χ4n) is 1.40. The molecule has 8 heteroatoms. The van der Waals surface area contributed by atoms with Crippen LogP contribution in [0.15, 0.2) is 12.1 Å². The number of nitrogens with zero attached hydrogens (tertiary/aromatic N) is 1. The Morgan fingerprint density at radius 3 is 2.83 bits per heavy atom. The lowest BCUT2D eigenvalue weighted by Gasteiger charge is -2.13. The van der Waals surface area contributed by atoms with Crippen LogP contribution in [-0.2, 0) is 10.8 Å². The first-order valence-corrected chi connectivity index (χ1v) is 7.28. The summed E-state index contributed by atoms with van der Waals surface area (Å²) in [4.78, 5) is 15.8. The summed E-state index contributed by atoms with van der Waals surface area (Å²) in [6.07, 6.45) is 1.59. The van der Waals surface area contributed by atoms with Crippen LogP contribution in [0.4, 0.5) is 5.82 Å². The van der Waals surface area contributed by atoms with Crippen molar-refractivity contribution < 1.29 is 9.00 Å². The number of amides is 1. The zero-order chi connectivity index (χ0) is 13.7. The summed E-state index contributed by atoms with van der Waals surface area (Å²) in [5.41, 5.74) is 2.67. The fourth-order valence-corrected chi connectivity index (χ4v) is 2.40. The first kappa shape index (κ1) is 14.9. The Balaban J connectivity index is 2.77. The monoisotopic (exact) mass is 290 g/mol. The molecule has 0 aromatic carbocycles. The SMILES string of the molecule is CC(CS(C)=O)NC(=O)c1cc(Cl)nc(NN)c1. The van der Waals surface area contributed by atoms with Crippen LogP contribution in [0.25, 0.3) is 0 Å². The zero-order valence-corrected chi connectivity index (χ0v) is 11.6. The van der Waals surface area contributed by atoms with Crippen LogP contribution < -0.4 is 16.6 Å². The highest BCUT2D eigenvalue weighted by molar-refractivity contribution is 7.84. The van der Waals surface area contributed by atoms with Gasteiger partial charge >= 0.3 is 0 Å². The van der Waals surface area contributed by atoms with Crippen molar-refractivity contribution in [2.24, 2.45) is 5.84 Å². The molecule has 1 amide bonds. The Labute approximate surface area is 113 Å². The van der Waals surface area contributed by atoms with E-state index in [-0.39, 0.29) is 17.1 Å². The minimum Gasteiger partial charge on any atom is -0.349 e. The number of carbonyl (C=O) groups excluding carboxylic acids is 1. The zero-order valence-electron chi connectivity index (χ0n) is 10.1. The van der Waals surface area contributed by atoms with Crippen molar-refractivity contribution in [3.63, 3.8) is 0 Å². The molecule has 0 aliphatic carbocycles. The van der Waals surface area contributed by atoms with E-state index in [2.05, 4.69) is 15.7 Å². The maximum atomic E-state index is 11.9. The molecule has 0 bridgehead atoms. The molecule has 0 aliphatic rings. The van der Waals surface area contributed by atoms with Crippen molar-refractivity contribution in [3.05, 3.63) is 22.8 Å². The normalized spacial score (nSPS) is 13.8. The molecule has 0 spiro atoms. The standard InChI is InChI=1S/C10H15ClN4O2S/c1-6(5-18(2)17)13-10(16)7-3-8(11)14-9(4-7)15-12/h3-4,6H,5,12H2,1-2H3,(H,13,16)(H,14,15). The number of aromatic nitrogens is 1. The number of hydrogen-bond donors (Lipinski definition) is 3. The van der Waals surface area contributed by atoms with E-state index in [9.17, 15) is 9.00 Å². The van der Waals surface area contributed by atoms with Gasteiger partial charge in [0.15, 0.2) is 0 Å². The fraction of sp³-hybridized carbons (Fsp3) is 0.400. The summed E-state index contributed by atoms with van der Waals surface area (Å²) in [5, 5.41) is 2.89. The second-order valence-corrected chi connectivity index (χ2v) is 5.69. The Morgan fingerprint density at radius 2 is 2.28 bits per heavy atom. The van der Waals surface area contributed by atoms with Gasteiger partial charge in [0.05, 0.1) is 0 Å². The minimum absolute atomic E-state index is 0.169. The largest absolute Gasteiger partial charge is 0.349 e. The van der Waals surface area contributed by atoms with Gasteiger partial charge in [0.2, 0.25) is 0 Å². The number of anilines is 1. The van der Waals surface area contributed by atoms with Gasteiger partial charge in [-0.3, -0.25) is 9.00 Å². The van der Waals surface area contributed by atoms with Crippen molar-refractivity contribution in [2.45, 2.75) is 13.0 Å². The molecule has 1 aromatic heterocycles. The second-order valence-electron chi connectivity index (χ2n) is 3.82. The number of hydrogen-bond acceptors (Lipinski definition) is 5. The molecule has 2 atom stereocenters. The molecule has 1 rings (SSSR count). The van der Waals surface area contributed by atoms with E-state index in [0.717, 1.165) is 0 Å². The van der Waals surface area contributed by atoms with Gasteiger partial charge in [0.25, 0.3) is 5.91 Å². The number of hydrazine groups is 1. The molecule has 1 heterocycles. The highest BCUT2D eigenvalue weighted by atomic mass is 35.5. The first-order chi connectivity index (χ1) is 8.42. The molecular formula is C10H15ClN4O2S. The van der Waals surface area contributed by atoms with Crippen molar-refractivity contribution in [1.29, 1.82) is 0 Å². The molecule has 18 heavy (non-hydrogen) atoms. The quantitative estimate of drug-likeness (QED) is 0.417. The third kappa shape index (κ3) is 4.59. The number of halogens is 1. The molecule has 4 N–H and O–H groups in total. The Hall–Kier alpha value is -1.18. The highest BCUT2D eigenvalue weighted by Crippen LogP contribution is 2.13. The number of nitrogen functional groups attached to an aromatic ring is 1. The van der Waals surface area contributed by atoms with Gasteiger partial charge < -0.3 is 10.7 Å². The number of nitrogens with two attached hydrogens (primary N) is 1. The molecule has 0 saturated heterocycles. The van der Waals surface area contributed by atoms with Gasteiger partial charge in [-0.1, -0.05) is 11.6 Å². The van der Waals surface area contributed by atoms with E-state index in [1.807, 2.05) is 0 Å². The van der Waals surface area contributed by atoms with E-state index in [0.29, 0.717) is 17.1 Å². The minimum atomic E-state index is -0.964. The van der Waals surface area contributed by atoms with Crippen molar-refractivity contribution >= 4 is 34.1 Å². The number of nitrogens with one attached hydrogen (secondary N) is 2. The Morgan fingerprint density at radius 1 is 1.61 bits per heavy atom. The van der Waals surface area contributed by atoms with Crippen molar-refractivity contribution in [2.75, 3.05) is 17.4 Å². The van der Waals surface area contributed by atoms with E-state index in [1.54, 1.807) is 13.2 Å². The van der Waals surface area contributed by atoms with E-state index < -0.39 is 10.8 Å². The Kier molecular flexibility index (Phi) is 5.52.